The molecule has 6 rings (SSSR count). The Hall–Kier alpha value is -2.37. The van der Waals surface area contributed by atoms with E-state index < -0.39 is 11.0 Å². The Morgan fingerprint density at radius 2 is 2.06 bits per heavy atom. The molecule has 2 aromatic carbocycles. The lowest BCUT2D eigenvalue weighted by atomic mass is 9.56. The van der Waals surface area contributed by atoms with Crippen LogP contribution in [0.25, 0.3) is 10.9 Å². The van der Waals surface area contributed by atoms with Gasteiger partial charge in [0.05, 0.1) is 12.7 Å². The van der Waals surface area contributed by atoms with E-state index in [0.29, 0.717) is 13.0 Å². The second-order valence-electron chi connectivity index (χ2n) is 9.90. The number of hydrogen-bond acceptors (Lipinski definition) is 3. The Kier molecular flexibility index (Phi) is 4.25. The first kappa shape index (κ1) is 19.3. The molecule has 3 aromatic rings. The van der Waals surface area contributed by atoms with Gasteiger partial charge >= 0.3 is 0 Å². The number of ether oxygens (including phenoxy) is 1. The number of benzene rings is 2. The maximum absolute atomic E-state index is 13.9. The molecule has 0 spiro atoms. The second kappa shape index (κ2) is 6.81. The van der Waals surface area contributed by atoms with Crippen LogP contribution < -0.4 is 4.74 Å². The van der Waals surface area contributed by atoms with Crippen molar-refractivity contribution in [1.29, 1.82) is 0 Å². The number of β-amino-alcohol motifs (C(OH)–C–C–N with tert-alkyl or cyclic N) is 1. The van der Waals surface area contributed by atoms with Crippen LogP contribution in [0.5, 0.6) is 5.75 Å². The lowest BCUT2D eigenvalue weighted by Gasteiger charge is -2.56. The van der Waals surface area contributed by atoms with Gasteiger partial charge in [-0.15, -0.1) is 0 Å². The van der Waals surface area contributed by atoms with Crippen molar-refractivity contribution in [2.45, 2.75) is 43.1 Å². The number of rotatable bonds is 4. The highest BCUT2D eigenvalue weighted by atomic mass is 19.1. The number of methoxy groups -OCH3 is 1. The summed E-state index contributed by atoms with van der Waals surface area (Å²) in [5.74, 6) is 1.38. The summed E-state index contributed by atoms with van der Waals surface area (Å²) in [6.45, 7) is 2.75. The summed E-state index contributed by atoms with van der Waals surface area (Å²) in [4.78, 5) is 5.96. The Labute approximate surface area is 182 Å². The quantitative estimate of drug-likeness (QED) is 0.665. The summed E-state index contributed by atoms with van der Waals surface area (Å²) in [6.07, 6.45) is 4.82. The number of nitrogens with one attached hydrogen (secondary N) is 1. The van der Waals surface area contributed by atoms with E-state index in [9.17, 15) is 9.50 Å². The van der Waals surface area contributed by atoms with Gasteiger partial charge in [-0.3, -0.25) is 0 Å². The molecule has 4 nitrogen and oxygen atoms in total. The number of aromatic nitrogens is 1. The highest BCUT2D eigenvalue weighted by Crippen LogP contribution is 2.52. The number of likely N-dealkylation sites (tertiary alicyclic amines) is 1. The van der Waals surface area contributed by atoms with Crippen LogP contribution in [-0.4, -0.2) is 47.3 Å². The van der Waals surface area contributed by atoms with E-state index in [-0.39, 0.29) is 5.82 Å². The van der Waals surface area contributed by atoms with Gasteiger partial charge in [-0.05, 0) is 73.2 Å². The van der Waals surface area contributed by atoms with Gasteiger partial charge in [0.2, 0.25) is 0 Å². The summed E-state index contributed by atoms with van der Waals surface area (Å²) in [7, 11) is 1.69. The van der Waals surface area contributed by atoms with Gasteiger partial charge < -0.3 is 19.7 Å². The number of hydrogen-bond donors (Lipinski definition) is 2. The van der Waals surface area contributed by atoms with Gasteiger partial charge in [0, 0.05) is 47.9 Å². The van der Waals surface area contributed by atoms with Crippen LogP contribution in [-0.2, 0) is 18.3 Å². The fraction of sp³-hybridized carbons (Fsp3) is 0.462. The van der Waals surface area contributed by atoms with Gasteiger partial charge in [-0.1, -0.05) is 12.1 Å². The third-order valence-corrected chi connectivity index (χ3v) is 7.97. The topological polar surface area (TPSA) is 48.5 Å². The minimum Gasteiger partial charge on any atom is -0.497 e. The van der Waals surface area contributed by atoms with Crippen LogP contribution in [0.4, 0.5) is 4.39 Å². The first-order chi connectivity index (χ1) is 15.0. The molecular weight excluding hydrogens is 391 g/mol. The van der Waals surface area contributed by atoms with Gasteiger partial charge in [-0.25, -0.2) is 4.39 Å². The maximum atomic E-state index is 13.9. The van der Waals surface area contributed by atoms with E-state index in [2.05, 4.69) is 22.0 Å². The Morgan fingerprint density at radius 3 is 2.87 bits per heavy atom. The van der Waals surface area contributed by atoms with Crippen molar-refractivity contribution < 1.29 is 14.2 Å². The van der Waals surface area contributed by atoms with Crippen molar-refractivity contribution in [1.82, 2.24) is 9.88 Å². The van der Waals surface area contributed by atoms with E-state index in [1.54, 1.807) is 13.2 Å². The van der Waals surface area contributed by atoms with Crippen LogP contribution in [0.15, 0.2) is 42.5 Å². The number of H-pyrrole nitrogens is 1. The maximum Gasteiger partial charge on any atom is 0.125 e. The van der Waals surface area contributed by atoms with E-state index >= 15 is 0 Å². The van der Waals surface area contributed by atoms with E-state index in [1.807, 2.05) is 18.2 Å². The number of fused-ring (bicyclic) bond motifs is 4. The molecule has 0 radical (unpaired) electrons. The molecule has 0 amide bonds. The summed E-state index contributed by atoms with van der Waals surface area (Å²) in [5.41, 5.74) is 2.95. The standard InChI is InChI=1S/C26H29FN2O2/c1-31-20-4-2-3-18(11-20)25-9-10-29(15-17-5-6-17)16-26(25,30)13-22-21-8-7-19(27)12-23(21)28-24(22)14-25/h2-4,7-8,11-12,17,28,30H,5-6,9-10,13-16H2,1H3/t25-,26-/m0/s1. The van der Waals surface area contributed by atoms with E-state index in [4.69, 9.17) is 4.74 Å². The number of piperidine rings is 1. The van der Waals surface area contributed by atoms with E-state index in [0.717, 1.165) is 65.3 Å². The molecule has 2 N–H and O–H groups in total. The average molecular weight is 421 g/mol. The molecule has 1 saturated heterocycles. The molecular formula is C26H29FN2O2. The van der Waals surface area contributed by atoms with Gasteiger partial charge in [-0.2, -0.15) is 0 Å². The minimum absolute atomic E-state index is 0.236. The van der Waals surface area contributed by atoms with E-state index in [1.165, 1.54) is 18.9 Å². The third-order valence-electron chi connectivity index (χ3n) is 7.97. The summed E-state index contributed by atoms with van der Waals surface area (Å²) >= 11 is 0. The molecule has 3 aliphatic rings. The first-order valence-electron chi connectivity index (χ1n) is 11.4. The largest absolute Gasteiger partial charge is 0.497 e. The molecule has 2 fully saturated rings. The monoisotopic (exact) mass is 420 g/mol. The van der Waals surface area contributed by atoms with Gasteiger partial charge in [0.1, 0.15) is 11.6 Å². The molecule has 1 aliphatic heterocycles. The highest BCUT2D eigenvalue weighted by molar-refractivity contribution is 5.85. The second-order valence-corrected chi connectivity index (χ2v) is 9.90. The van der Waals surface area contributed by atoms with Crippen molar-refractivity contribution >= 4 is 10.9 Å². The van der Waals surface area contributed by atoms with Crippen LogP contribution in [0, 0.1) is 11.7 Å². The zero-order valence-electron chi connectivity index (χ0n) is 18.0. The molecule has 2 heterocycles. The predicted octanol–water partition coefficient (Wildman–Crippen LogP) is 4.20. The Balaban J connectivity index is 1.49. The van der Waals surface area contributed by atoms with Crippen LogP contribution >= 0.6 is 0 Å². The molecule has 1 aromatic heterocycles. The number of halogens is 1. The lowest BCUT2D eigenvalue weighted by Crippen LogP contribution is -2.66. The van der Waals surface area contributed by atoms with Crippen molar-refractivity contribution in [2.75, 3.05) is 26.7 Å². The predicted molar refractivity (Wildman–Crippen MR) is 119 cm³/mol. The van der Waals surface area contributed by atoms with Crippen molar-refractivity contribution in [3.63, 3.8) is 0 Å². The Morgan fingerprint density at radius 1 is 1.19 bits per heavy atom. The molecule has 2 aliphatic carbocycles. The highest BCUT2D eigenvalue weighted by Gasteiger charge is 2.57. The average Bonchev–Trinajstić information content (AvgIpc) is 3.51. The van der Waals surface area contributed by atoms with Crippen molar-refractivity contribution in [3.8, 4) is 5.75 Å². The smallest absolute Gasteiger partial charge is 0.125 e. The molecule has 1 saturated carbocycles. The molecule has 2 atom stereocenters. The van der Waals surface area contributed by atoms with Crippen molar-refractivity contribution in [2.24, 2.45) is 5.92 Å². The molecule has 0 unspecified atom stereocenters. The molecule has 31 heavy (non-hydrogen) atoms. The fourth-order valence-corrected chi connectivity index (χ4v) is 6.15. The van der Waals surface area contributed by atoms with Crippen LogP contribution in [0.2, 0.25) is 0 Å². The van der Waals surface area contributed by atoms with Gasteiger partial charge in [0.15, 0.2) is 0 Å². The molecule has 5 heteroatoms. The van der Waals surface area contributed by atoms with Crippen LogP contribution in [0.1, 0.15) is 36.1 Å². The summed E-state index contributed by atoms with van der Waals surface area (Å²) in [6, 6.07) is 13.2. The molecule has 162 valence electrons. The van der Waals surface area contributed by atoms with Crippen molar-refractivity contribution in [3.05, 3.63) is 65.1 Å². The third kappa shape index (κ3) is 3.01. The zero-order chi connectivity index (χ0) is 21.2. The number of aromatic amines is 1. The normalized spacial score (nSPS) is 28.4. The SMILES string of the molecule is COc1cccc([C@@]23CCN(CC4CC4)C[C@@]2(O)Cc2c([nH]c4cc(F)ccc24)C3)c1. The zero-order valence-corrected chi connectivity index (χ0v) is 18.0. The first-order valence-corrected chi connectivity index (χ1v) is 11.4. The summed E-state index contributed by atoms with van der Waals surface area (Å²) in [5, 5.41) is 13.4. The fourth-order valence-electron chi connectivity index (χ4n) is 6.15. The molecule has 0 bridgehead atoms. The van der Waals surface area contributed by atoms with Crippen LogP contribution in [0.3, 0.4) is 0 Å². The minimum atomic E-state index is -0.886. The Bertz CT molecular complexity index is 1150. The number of nitrogens with zero attached hydrogens (tertiary/aromatic N) is 1. The number of aliphatic hydroxyl groups is 1. The van der Waals surface area contributed by atoms with Gasteiger partial charge in [0.25, 0.3) is 0 Å². The lowest BCUT2D eigenvalue weighted by molar-refractivity contribution is -0.103. The summed E-state index contributed by atoms with van der Waals surface area (Å²) < 4.78 is 19.4.